The summed E-state index contributed by atoms with van der Waals surface area (Å²) in [7, 11) is 0. The maximum absolute atomic E-state index is 11.4. The molecule has 1 aromatic heterocycles. The topological polar surface area (TPSA) is 133 Å². The van der Waals surface area contributed by atoms with Gasteiger partial charge in [-0.2, -0.15) is 0 Å². The highest BCUT2D eigenvalue weighted by Crippen LogP contribution is 2.31. The van der Waals surface area contributed by atoms with E-state index in [0.717, 1.165) is 6.26 Å². The van der Waals surface area contributed by atoms with E-state index in [-0.39, 0.29) is 5.56 Å². The van der Waals surface area contributed by atoms with E-state index < -0.39 is 42.3 Å². The minimum absolute atomic E-state index is 0.118. The summed E-state index contributed by atoms with van der Waals surface area (Å²) in [6.07, 6.45) is -3.95. The van der Waals surface area contributed by atoms with Crippen LogP contribution in [-0.4, -0.2) is 45.2 Å². The molecule has 0 radical (unpaired) electrons. The summed E-state index contributed by atoms with van der Waals surface area (Å²) in [5.74, 6) is -0.925. The zero-order valence-corrected chi connectivity index (χ0v) is 8.57. The van der Waals surface area contributed by atoms with Crippen LogP contribution in [0.25, 0.3) is 0 Å². The number of H-pyrrole nitrogens is 1. The summed E-state index contributed by atoms with van der Waals surface area (Å²) >= 11 is 0. The largest absolute Gasteiger partial charge is 0.419 e. The van der Waals surface area contributed by atoms with E-state index in [9.17, 15) is 19.8 Å². The first-order valence-electron chi connectivity index (χ1n) is 4.89. The molecule has 8 heteroatoms. The van der Waals surface area contributed by atoms with Crippen LogP contribution in [0.3, 0.4) is 0 Å². The Bertz CT molecular complexity index is 507. The summed E-state index contributed by atoms with van der Waals surface area (Å²) in [6, 6.07) is 0. The Kier molecular flexibility index (Phi) is 3.11. The van der Waals surface area contributed by atoms with Crippen molar-refractivity contribution < 1.29 is 24.5 Å². The molecule has 0 aliphatic carbocycles. The third-order valence-electron chi connectivity index (χ3n) is 2.62. The van der Waals surface area contributed by atoms with Crippen molar-refractivity contribution in [3.05, 3.63) is 32.7 Å². The van der Waals surface area contributed by atoms with Gasteiger partial charge in [-0.3, -0.25) is 9.78 Å². The minimum Gasteiger partial charge on any atom is -0.417 e. The van der Waals surface area contributed by atoms with Crippen LogP contribution in [0.4, 0.5) is 0 Å². The summed E-state index contributed by atoms with van der Waals surface area (Å²) < 4.78 is 9.57. The number of hydrogen-bond acceptors (Lipinski definition) is 7. The van der Waals surface area contributed by atoms with Crippen LogP contribution in [0, 0.1) is 0 Å². The lowest BCUT2D eigenvalue weighted by Gasteiger charge is -2.12. The fraction of sp³-hybridized carbons (Fsp3) is 0.556. The zero-order chi connectivity index (χ0) is 12.6. The average molecular weight is 245 g/mol. The molecular formula is C9H11NO7. The smallest absolute Gasteiger partial charge is 0.417 e. The molecule has 1 aliphatic heterocycles. The highest BCUT2D eigenvalue weighted by molar-refractivity contribution is 5.12. The Labute approximate surface area is 94.1 Å². The molecule has 0 saturated carbocycles. The predicted octanol–water partition coefficient (Wildman–Crippen LogP) is -2.52. The average Bonchev–Trinajstić information content (AvgIpc) is 2.57. The summed E-state index contributed by atoms with van der Waals surface area (Å²) in [5.41, 5.74) is -0.886. The number of nitrogens with one attached hydrogen (secondary N) is 1. The van der Waals surface area contributed by atoms with Crippen molar-refractivity contribution in [2.75, 3.05) is 6.61 Å². The van der Waals surface area contributed by atoms with Crippen LogP contribution in [0.5, 0.6) is 0 Å². The number of rotatable bonds is 2. The van der Waals surface area contributed by atoms with E-state index in [1.54, 1.807) is 0 Å². The Hall–Kier alpha value is -1.48. The maximum Gasteiger partial charge on any atom is 0.419 e. The summed E-state index contributed by atoms with van der Waals surface area (Å²) in [5, 5.41) is 28.0. The minimum atomic E-state index is -1.37. The van der Waals surface area contributed by atoms with E-state index in [0.29, 0.717) is 0 Å². The molecule has 1 aliphatic rings. The molecule has 4 atom stereocenters. The summed E-state index contributed by atoms with van der Waals surface area (Å²) in [4.78, 5) is 24.0. The fourth-order valence-electron chi connectivity index (χ4n) is 1.72. The highest BCUT2D eigenvalue weighted by Gasteiger charge is 2.44. The van der Waals surface area contributed by atoms with Crippen molar-refractivity contribution in [3.63, 3.8) is 0 Å². The second-order valence-electron chi connectivity index (χ2n) is 3.69. The monoisotopic (exact) mass is 245 g/mol. The Morgan fingerprint density at radius 2 is 2.00 bits per heavy atom. The number of hydrogen-bond donors (Lipinski definition) is 4. The van der Waals surface area contributed by atoms with Crippen molar-refractivity contribution >= 4 is 0 Å². The van der Waals surface area contributed by atoms with Gasteiger partial charge >= 0.3 is 5.76 Å². The van der Waals surface area contributed by atoms with Gasteiger partial charge in [-0.05, 0) is 0 Å². The SMILES string of the molecule is O=c1[nH]c(=O)c([C@@H]2O[C@H](CO)[C@@H](O)[C@H]2O)co1. The van der Waals surface area contributed by atoms with E-state index in [1.807, 2.05) is 4.98 Å². The second kappa shape index (κ2) is 4.41. The molecule has 8 nitrogen and oxygen atoms in total. The second-order valence-corrected chi connectivity index (χ2v) is 3.69. The lowest BCUT2D eigenvalue weighted by atomic mass is 10.0. The van der Waals surface area contributed by atoms with Gasteiger partial charge < -0.3 is 24.5 Å². The maximum atomic E-state index is 11.4. The van der Waals surface area contributed by atoms with Crippen molar-refractivity contribution in [2.45, 2.75) is 24.4 Å². The molecule has 4 N–H and O–H groups in total. The van der Waals surface area contributed by atoms with Gasteiger partial charge in [0.2, 0.25) is 0 Å². The van der Waals surface area contributed by atoms with Gasteiger partial charge in [0.1, 0.15) is 30.7 Å². The molecule has 94 valence electrons. The molecule has 0 amide bonds. The summed E-state index contributed by atoms with van der Waals surface area (Å²) in [6.45, 7) is -0.497. The number of ether oxygens (including phenoxy) is 1. The van der Waals surface area contributed by atoms with Crippen molar-refractivity contribution in [1.29, 1.82) is 0 Å². The number of aliphatic hydroxyl groups excluding tert-OH is 3. The van der Waals surface area contributed by atoms with Crippen molar-refractivity contribution in [2.24, 2.45) is 0 Å². The van der Waals surface area contributed by atoms with Crippen LogP contribution < -0.4 is 11.3 Å². The Balaban J connectivity index is 2.35. The van der Waals surface area contributed by atoms with Gasteiger partial charge in [0, 0.05) is 0 Å². The van der Waals surface area contributed by atoms with Gasteiger partial charge in [0.15, 0.2) is 0 Å². The van der Waals surface area contributed by atoms with Gasteiger partial charge in [0.25, 0.3) is 5.56 Å². The van der Waals surface area contributed by atoms with Gasteiger partial charge in [0.05, 0.1) is 12.2 Å². The predicted molar refractivity (Wildman–Crippen MR) is 52.3 cm³/mol. The normalized spacial score (nSPS) is 32.9. The quantitative estimate of drug-likeness (QED) is 0.452. The molecule has 1 fully saturated rings. The first-order valence-corrected chi connectivity index (χ1v) is 4.89. The van der Waals surface area contributed by atoms with E-state index in [2.05, 4.69) is 4.42 Å². The van der Waals surface area contributed by atoms with Crippen molar-refractivity contribution in [3.8, 4) is 0 Å². The molecule has 0 spiro atoms. The van der Waals surface area contributed by atoms with Crippen LogP contribution in [0.1, 0.15) is 11.7 Å². The van der Waals surface area contributed by atoms with E-state index >= 15 is 0 Å². The molecule has 2 rings (SSSR count). The number of aromatic nitrogens is 1. The van der Waals surface area contributed by atoms with Crippen LogP contribution in [0.15, 0.2) is 20.3 Å². The molecule has 1 saturated heterocycles. The first kappa shape index (κ1) is 12.0. The molecule has 2 heterocycles. The van der Waals surface area contributed by atoms with E-state index in [4.69, 9.17) is 9.84 Å². The first-order chi connectivity index (χ1) is 8.04. The van der Waals surface area contributed by atoms with Gasteiger partial charge in [-0.25, -0.2) is 4.79 Å². The lowest BCUT2D eigenvalue weighted by molar-refractivity contribution is -0.0237. The zero-order valence-electron chi connectivity index (χ0n) is 8.57. The molecule has 0 aromatic carbocycles. The highest BCUT2D eigenvalue weighted by atomic mass is 16.6. The van der Waals surface area contributed by atoms with Crippen LogP contribution >= 0.6 is 0 Å². The molecule has 1 aromatic rings. The van der Waals surface area contributed by atoms with Gasteiger partial charge in [-0.1, -0.05) is 0 Å². The number of aliphatic hydroxyl groups is 3. The van der Waals surface area contributed by atoms with Crippen molar-refractivity contribution in [1.82, 2.24) is 4.98 Å². The Morgan fingerprint density at radius 3 is 2.53 bits per heavy atom. The van der Waals surface area contributed by atoms with Crippen LogP contribution in [-0.2, 0) is 4.74 Å². The van der Waals surface area contributed by atoms with Crippen LogP contribution in [0.2, 0.25) is 0 Å². The Morgan fingerprint density at radius 1 is 1.29 bits per heavy atom. The lowest BCUT2D eigenvalue weighted by Crippen LogP contribution is -2.33. The third-order valence-corrected chi connectivity index (χ3v) is 2.62. The molecular weight excluding hydrogens is 234 g/mol. The molecule has 0 unspecified atom stereocenters. The third kappa shape index (κ3) is 2.03. The molecule has 17 heavy (non-hydrogen) atoms. The fourth-order valence-corrected chi connectivity index (χ4v) is 1.72. The van der Waals surface area contributed by atoms with Gasteiger partial charge in [-0.15, -0.1) is 0 Å². The number of aromatic amines is 1. The standard InChI is InChI=1S/C9H11NO7/c11-1-4-5(12)6(13)7(17-4)3-2-16-9(15)10-8(3)14/h2,4-7,11-13H,1H2,(H,10,14,15)/t4-,5-,6-,7+/m1/s1. The van der Waals surface area contributed by atoms with E-state index in [1.165, 1.54) is 0 Å². The molecule has 0 bridgehead atoms.